The van der Waals surface area contributed by atoms with E-state index in [2.05, 4.69) is 10.0 Å². The third-order valence-electron chi connectivity index (χ3n) is 5.93. The minimum Gasteiger partial charge on any atom is -0.347 e. The normalized spacial score (nSPS) is 33.3. The second-order valence-corrected chi connectivity index (χ2v) is 10.4. The Morgan fingerprint density at radius 3 is 2.20 bits per heavy atom. The number of anilines is 1. The van der Waals surface area contributed by atoms with Crippen molar-refractivity contribution in [3.05, 3.63) is 28.8 Å². The van der Waals surface area contributed by atoms with Gasteiger partial charge >= 0.3 is 0 Å². The molecule has 0 radical (unpaired) electrons. The zero-order chi connectivity index (χ0) is 17.8. The molecule has 0 spiro atoms. The number of carbonyl (C=O) groups excluding carboxylic acids is 1. The Bertz CT molecular complexity index is 786. The molecule has 0 unspecified atom stereocenters. The van der Waals surface area contributed by atoms with Crippen molar-refractivity contribution in [2.24, 2.45) is 17.8 Å². The highest BCUT2D eigenvalue weighted by Crippen LogP contribution is 2.55. The van der Waals surface area contributed by atoms with Crippen LogP contribution in [0.5, 0.6) is 0 Å². The summed E-state index contributed by atoms with van der Waals surface area (Å²) in [5.74, 6) is 2.00. The molecule has 25 heavy (non-hydrogen) atoms. The average Bonchev–Trinajstić information content (AvgIpc) is 2.45. The monoisotopic (exact) mass is 382 g/mol. The van der Waals surface area contributed by atoms with Gasteiger partial charge in [-0.1, -0.05) is 11.6 Å². The quantitative estimate of drug-likeness (QED) is 0.837. The lowest BCUT2D eigenvalue weighted by atomic mass is 9.53. The van der Waals surface area contributed by atoms with Crippen molar-refractivity contribution in [1.29, 1.82) is 0 Å². The summed E-state index contributed by atoms with van der Waals surface area (Å²) in [6, 6.07) is 4.63. The van der Waals surface area contributed by atoms with E-state index in [1.807, 2.05) is 0 Å². The molecule has 5 rings (SSSR count). The Hall–Kier alpha value is -1.27. The summed E-state index contributed by atoms with van der Waals surface area (Å²) in [6.07, 6.45) is 8.19. The number of hydrogen-bond donors (Lipinski definition) is 2. The van der Waals surface area contributed by atoms with Crippen molar-refractivity contribution < 1.29 is 13.2 Å². The fourth-order valence-corrected chi connectivity index (χ4v) is 6.31. The van der Waals surface area contributed by atoms with E-state index < -0.39 is 10.0 Å². The summed E-state index contributed by atoms with van der Waals surface area (Å²) in [6.45, 7) is 0. The number of carbonyl (C=O) groups is 1. The summed E-state index contributed by atoms with van der Waals surface area (Å²) >= 11 is 6.21. The fraction of sp³-hybridized carbons (Fsp3) is 0.611. The van der Waals surface area contributed by atoms with E-state index in [1.54, 1.807) is 12.1 Å². The zero-order valence-corrected chi connectivity index (χ0v) is 15.8. The van der Waals surface area contributed by atoms with Gasteiger partial charge in [-0.2, -0.15) is 0 Å². The molecule has 4 bridgehead atoms. The molecule has 7 heteroatoms. The number of nitrogens with one attached hydrogen (secondary N) is 2. The van der Waals surface area contributed by atoms with Crippen LogP contribution in [0.15, 0.2) is 18.2 Å². The van der Waals surface area contributed by atoms with Crippen molar-refractivity contribution in [2.45, 2.75) is 44.1 Å². The van der Waals surface area contributed by atoms with E-state index in [1.165, 1.54) is 25.3 Å². The molecular weight excluding hydrogens is 360 g/mol. The van der Waals surface area contributed by atoms with Gasteiger partial charge in [0.1, 0.15) is 0 Å². The Balaban J connectivity index is 1.56. The minimum absolute atomic E-state index is 0.102. The van der Waals surface area contributed by atoms with Gasteiger partial charge in [0.15, 0.2) is 0 Å². The van der Waals surface area contributed by atoms with Crippen molar-refractivity contribution in [1.82, 2.24) is 5.32 Å². The van der Waals surface area contributed by atoms with Crippen LogP contribution in [0.4, 0.5) is 5.69 Å². The summed E-state index contributed by atoms with van der Waals surface area (Å²) in [5, 5.41) is 3.61. The maximum atomic E-state index is 12.9. The van der Waals surface area contributed by atoms with Crippen molar-refractivity contribution in [2.75, 3.05) is 11.0 Å². The molecule has 5 nitrogen and oxygen atoms in total. The van der Waals surface area contributed by atoms with Crippen LogP contribution in [0.1, 0.15) is 48.9 Å². The van der Waals surface area contributed by atoms with Gasteiger partial charge in [-0.15, -0.1) is 0 Å². The van der Waals surface area contributed by atoms with E-state index in [-0.39, 0.29) is 11.4 Å². The topological polar surface area (TPSA) is 75.3 Å². The number of sulfonamides is 1. The average molecular weight is 383 g/mol. The first-order valence-electron chi connectivity index (χ1n) is 8.81. The molecule has 4 aliphatic carbocycles. The molecule has 4 fully saturated rings. The van der Waals surface area contributed by atoms with Gasteiger partial charge < -0.3 is 5.32 Å². The first kappa shape index (κ1) is 17.2. The van der Waals surface area contributed by atoms with Crippen molar-refractivity contribution in [3.8, 4) is 0 Å². The fourth-order valence-electron chi connectivity index (χ4n) is 5.55. The molecule has 0 aliphatic heterocycles. The molecule has 1 aromatic rings. The highest BCUT2D eigenvalue weighted by Gasteiger charge is 2.51. The number of benzene rings is 1. The third-order valence-corrected chi connectivity index (χ3v) is 6.87. The van der Waals surface area contributed by atoms with Gasteiger partial charge in [0.2, 0.25) is 10.0 Å². The Morgan fingerprint density at radius 2 is 1.68 bits per heavy atom. The molecular formula is C18H23ClN2O3S. The van der Waals surface area contributed by atoms with Gasteiger partial charge in [0, 0.05) is 11.2 Å². The largest absolute Gasteiger partial charge is 0.347 e. The molecule has 4 saturated carbocycles. The van der Waals surface area contributed by atoms with Gasteiger partial charge in [0.25, 0.3) is 5.91 Å². The Labute approximate surface area is 153 Å². The van der Waals surface area contributed by atoms with Crippen LogP contribution >= 0.6 is 11.6 Å². The van der Waals surface area contributed by atoms with Crippen LogP contribution in [-0.2, 0) is 10.0 Å². The lowest BCUT2D eigenvalue weighted by Crippen LogP contribution is -2.59. The maximum Gasteiger partial charge on any atom is 0.253 e. The van der Waals surface area contributed by atoms with Gasteiger partial charge in [-0.3, -0.25) is 9.52 Å². The first-order valence-corrected chi connectivity index (χ1v) is 11.1. The van der Waals surface area contributed by atoms with Gasteiger partial charge in [0.05, 0.1) is 16.8 Å². The van der Waals surface area contributed by atoms with Crippen LogP contribution in [0.25, 0.3) is 0 Å². The third kappa shape index (κ3) is 3.51. The molecule has 2 N–H and O–H groups in total. The molecule has 136 valence electrons. The van der Waals surface area contributed by atoms with Crippen LogP contribution < -0.4 is 10.0 Å². The van der Waals surface area contributed by atoms with Gasteiger partial charge in [-0.05, 0) is 74.5 Å². The lowest BCUT2D eigenvalue weighted by molar-refractivity contribution is -0.0166. The van der Waals surface area contributed by atoms with E-state index >= 15 is 0 Å². The highest BCUT2D eigenvalue weighted by atomic mass is 35.5. The van der Waals surface area contributed by atoms with Crippen LogP contribution in [0.2, 0.25) is 5.02 Å². The standard InChI is InChI=1S/C18H23ClN2O3S/c1-25(23,24)21-14-2-3-16(19)15(7-14)17(22)20-18-8-11-4-12(9-18)6-13(5-11)10-18/h2-3,7,11-13,21H,4-6,8-10H2,1H3,(H,20,22). The van der Waals surface area contributed by atoms with E-state index in [0.29, 0.717) is 16.3 Å². The predicted molar refractivity (Wildman–Crippen MR) is 98.3 cm³/mol. The number of rotatable bonds is 4. The molecule has 0 heterocycles. The highest BCUT2D eigenvalue weighted by molar-refractivity contribution is 7.92. The van der Waals surface area contributed by atoms with E-state index in [4.69, 9.17) is 11.6 Å². The van der Waals surface area contributed by atoms with E-state index in [9.17, 15) is 13.2 Å². The summed E-state index contributed by atoms with van der Waals surface area (Å²) < 4.78 is 25.2. The van der Waals surface area contributed by atoms with Crippen LogP contribution in [0, 0.1) is 17.8 Å². The molecule has 1 aromatic carbocycles. The summed E-state index contributed by atoms with van der Waals surface area (Å²) in [4.78, 5) is 12.9. The second-order valence-electron chi connectivity index (χ2n) is 8.22. The smallest absolute Gasteiger partial charge is 0.253 e. The van der Waals surface area contributed by atoms with Gasteiger partial charge in [-0.25, -0.2) is 8.42 Å². The zero-order valence-electron chi connectivity index (χ0n) is 14.2. The minimum atomic E-state index is -3.40. The Kier molecular flexibility index (Phi) is 4.03. The Morgan fingerprint density at radius 1 is 1.12 bits per heavy atom. The van der Waals surface area contributed by atoms with E-state index in [0.717, 1.165) is 43.3 Å². The predicted octanol–water partition coefficient (Wildman–Crippen LogP) is 3.41. The summed E-state index contributed by atoms with van der Waals surface area (Å²) in [7, 11) is -3.40. The molecule has 4 aliphatic rings. The van der Waals surface area contributed by atoms with Crippen LogP contribution in [-0.4, -0.2) is 26.1 Å². The second kappa shape index (κ2) is 5.88. The summed E-state index contributed by atoms with van der Waals surface area (Å²) in [5.41, 5.74) is 0.573. The van der Waals surface area contributed by atoms with Crippen molar-refractivity contribution in [3.63, 3.8) is 0 Å². The molecule has 1 amide bonds. The SMILES string of the molecule is CS(=O)(=O)Nc1ccc(Cl)c(C(=O)NC23CC4CC(CC(C4)C2)C3)c1. The number of halogens is 1. The van der Waals surface area contributed by atoms with Crippen molar-refractivity contribution >= 4 is 33.2 Å². The number of amides is 1. The molecule has 0 atom stereocenters. The molecule has 0 saturated heterocycles. The van der Waals surface area contributed by atoms with Crippen LogP contribution in [0.3, 0.4) is 0 Å². The first-order chi connectivity index (χ1) is 11.7. The maximum absolute atomic E-state index is 12.9. The lowest BCUT2D eigenvalue weighted by Gasteiger charge is -2.56. The molecule has 0 aromatic heterocycles. The number of hydrogen-bond acceptors (Lipinski definition) is 3.